The molecule has 1 atom stereocenters. The fraction of sp³-hybridized carbons (Fsp3) is 0.300. The van der Waals surface area contributed by atoms with E-state index in [1.807, 2.05) is 37.3 Å². The quantitative estimate of drug-likeness (QED) is 0.0548. The van der Waals surface area contributed by atoms with E-state index in [0.29, 0.717) is 113 Å². The Morgan fingerprint density at radius 1 is 0.971 bits per heavy atom. The van der Waals surface area contributed by atoms with Crippen molar-refractivity contribution in [1.29, 1.82) is 0 Å². The zero-order valence-corrected chi connectivity index (χ0v) is 40.9. The number of hydrogen-bond acceptors (Lipinski definition) is 15. The smallest absolute Gasteiger partial charge is 0.345 e. The molecule has 366 valence electrons. The maximum absolute atomic E-state index is 14.4. The van der Waals surface area contributed by atoms with Crippen LogP contribution in [0.5, 0.6) is 28.9 Å². The molecule has 0 radical (unpaired) electrons. The van der Waals surface area contributed by atoms with Crippen LogP contribution < -0.4 is 18.9 Å². The van der Waals surface area contributed by atoms with E-state index in [1.54, 1.807) is 49.7 Å². The van der Waals surface area contributed by atoms with Crippen LogP contribution in [0.2, 0.25) is 5.02 Å². The molecule has 0 spiro atoms. The molecular weight excluding hydrogens is 963 g/mol. The summed E-state index contributed by atoms with van der Waals surface area (Å²) in [7, 11) is -0.597. The number of fused-ring (bicyclic) bond motifs is 1. The number of aromatic hydroxyl groups is 1. The molecule has 0 saturated carbocycles. The number of para-hydroxylation sites is 2. The molecule has 0 unspecified atom stereocenters. The second-order valence-corrected chi connectivity index (χ2v) is 20.0. The van der Waals surface area contributed by atoms with Crippen LogP contribution in [0.15, 0.2) is 97.5 Å². The number of phenols is 1. The first-order chi connectivity index (χ1) is 33.6. The Hall–Kier alpha value is -6.48. The fourth-order valence-corrected chi connectivity index (χ4v) is 10.3. The first-order valence-corrected chi connectivity index (χ1v) is 25.1. The highest BCUT2D eigenvalue weighted by molar-refractivity contribution is 7.85. The van der Waals surface area contributed by atoms with Gasteiger partial charge in [-0.15, -0.1) is 11.3 Å². The molecule has 2 N–H and O–H groups in total. The Morgan fingerprint density at radius 3 is 2.47 bits per heavy atom. The molecule has 4 aromatic carbocycles. The van der Waals surface area contributed by atoms with Crippen molar-refractivity contribution in [2.45, 2.75) is 32.5 Å². The number of rotatable bonds is 20. The topological polar surface area (TPSA) is 206 Å². The van der Waals surface area contributed by atoms with Crippen molar-refractivity contribution in [2.75, 3.05) is 65.8 Å². The lowest BCUT2D eigenvalue weighted by Gasteiger charge is -2.42. The number of thiophene rings is 1. The average Bonchev–Trinajstić information content (AvgIpc) is 3.73. The van der Waals surface area contributed by atoms with Crippen LogP contribution in [0.25, 0.3) is 43.2 Å². The summed E-state index contributed by atoms with van der Waals surface area (Å²) in [5.41, 5.74) is 4.07. The van der Waals surface area contributed by atoms with Gasteiger partial charge in [-0.05, 0) is 71.6 Å². The van der Waals surface area contributed by atoms with Gasteiger partial charge in [0.05, 0.1) is 65.6 Å². The van der Waals surface area contributed by atoms with Crippen molar-refractivity contribution in [3.05, 3.63) is 125 Å². The summed E-state index contributed by atoms with van der Waals surface area (Å²) in [6, 6.07) is 23.8. The third kappa shape index (κ3) is 11.7. The Balaban J connectivity index is 1.04. The van der Waals surface area contributed by atoms with E-state index in [1.165, 1.54) is 29.8 Å². The summed E-state index contributed by atoms with van der Waals surface area (Å²) in [4.78, 5) is 34.5. The number of quaternary nitrogens is 1. The SMILES string of the molecule is COc1ccccc1-c1nccc(COc2ccccc2C[C@@H](Oc2ncnc3sc(-c4ccc(F)c(O)c4)c(-c4ccc(OCCN5CC[N+](C)(CCCS(=O)(=O)[O-])CC5)c(Cl)c4C)c23)C(=O)O)n1. The van der Waals surface area contributed by atoms with Crippen LogP contribution in [-0.4, -0.2) is 130 Å². The highest BCUT2D eigenvalue weighted by atomic mass is 35.5. The van der Waals surface area contributed by atoms with Crippen molar-refractivity contribution in [3.63, 3.8) is 0 Å². The monoisotopic (exact) mass is 1010 g/mol. The largest absolute Gasteiger partial charge is 0.748 e. The number of nitrogens with zero attached hydrogens (tertiary/aromatic N) is 6. The van der Waals surface area contributed by atoms with Crippen LogP contribution in [0.4, 0.5) is 4.39 Å². The maximum Gasteiger partial charge on any atom is 0.345 e. The van der Waals surface area contributed by atoms with Gasteiger partial charge in [0, 0.05) is 54.9 Å². The molecular formula is C50H50ClFN6O10S2. The number of phenolic OH excluding ortho intramolecular Hbond substituents is 1. The molecule has 4 heterocycles. The molecule has 8 rings (SSSR count). The lowest BCUT2D eigenvalue weighted by molar-refractivity contribution is -0.913. The number of benzene rings is 4. The normalized spacial score (nSPS) is 14.3. The minimum Gasteiger partial charge on any atom is -0.748 e. The molecule has 0 bridgehead atoms. The van der Waals surface area contributed by atoms with Crippen LogP contribution in [0.3, 0.4) is 0 Å². The Morgan fingerprint density at radius 2 is 1.73 bits per heavy atom. The number of ether oxygens (including phenoxy) is 4. The molecule has 0 amide bonds. The first kappa shape index (κ1) is 49.9. The summed E-state index contributed by atoms with van der Waals surface area (Å²) in [6.07, 6.45) is 1.66. The minimum atomic E-state index is -4.24. The van der Waals surface area contributed by atoms with Crippen LogP contribution in [0.1, 0.15) is 23.2 Å². The molecule has 1 aliphatic rings. The Labute approximate surface area is 413 Å². The summed E-state index contributed by atoms with van der Waals surface area (Å²) in [6.45, 7) is 6.60. The van der Waals surface area contributed by atoms with E-state index in [2.05, 4.69) is 31.9 Å². The molecule has 16 nitrogen and oxygen atoms in total. The molecule has 1 saturated heterocycles. The van der Waals surface area contributed by atoms with Crippen molar-refractivity contribution < 1.29 is 55.8 Å². The lowest BCUT2D eigenvalue weighted by atomic mass is 9.95. The predicted octanol–water partition coefficient (Wildman–Crippen LogP) is 8.03. The number of halogens is 2. The van der Waals surface area contributed by atoms with E-state index < -0.39 is 33.8 Å². The third-order valence-electron chi connectivity index (χ3n) is 12.3. The number of piperazine rings is 1. The Bertz CT molecular complexity index is 3130. The van der Waals surface area contributed by atoms with Gasteiger partial charge in [0.1, 0.15) is 41.6 Å². The Kier molecular flexibility index (Phi) is 15.4. The summed E-state index contributed by atoms with van der Waals surface area (Å²) in [5.74, 6) is -1.06. The van der Waals surface area contributed by atoms with E-state index in [-0.39, 0.29) is 24.7 Å². The van der Waals surface area contributed by atoms with Crippen LogP contribution in [0, 0.1) is 12.7 Å². The van der Waals surface area contributed by atoms with Crippen LogP contribution >= 0.6 is 22.9 Å². The number of likely N-dealkylation sites (N-methyl/N-ethyl adjacent to an activating group) is 1. The average molecular weight is 1010 g/mol. The van der Waals surface area contributed by atoms with E-state index >= 15 is 0 Å². The van der Waals surface area contributed by atoms with E-state index in [9.17, 15) is 32.4 Å². The standard InChI is InChI=1S/C50H50ClFN6O10S2/c1-31-35(14-16-41(45(31)51)66-25-21-57-19-23-58(2,24-20-57)22-8-26-70(62,63)64)43-44-48(54-30-55-49(44)69-46(43)33-13-15-37(52)38(59)27-33)68-42(50(60)61)28-32-9-4-6-11-39(32)67-29-34-17-18-53-47(56-34)36-10-5-7-12-40(36)65-3/h4-7,9-18,27,30,42H,8,19-26,28-29H2,1-3H3,(H2-,59,60,61,62,63,64)/t42-/m1/s1. The maximum atomic E-state index is 14.4. The summed E-state index contributed by atoms with van der Waals surface area (Å²) in [5, 5.41) is 21.9. The summed E-state index contributed by atoms with van der Waals surface area (Å²) >= 11 is 8.31. The third-order valence-corrected chi connectivity index (χ3v) is 14.7. The van der Waals surface area contributed by atoms with E-state index in [0.717, 1.165) is 32.2 Å². The lowest BCUT2D eigenvalue weighted by Crippen LogP contribution is -2.58. The molecule has 3 aromatic heterocycles. The van der Waals surface area contributed by atoms with Gasteiger partial charge in [0.15, 0.2) is 17.4 Å². The minimum absolute atomic E-state index is 0.0213. The van der Waals surface area contributed by atoms with Crippen molar-refractivity contribution in [3.8, 4) is 61.8 Å². The predicted molar refractivity (Wildman–Crippen MR) is 262 cm³/mol. The molecule has 0 aliphatic carbocycles. The van der Waals surface area contributed by atoms with Crippen molar-refractivity contribution in [1.82, 2.24) is 24.8 Å². The number of carboxylic acid groups (broad SMARTS) is 1. The van der Waals surface area contributed by atoms with Gasteiger partial charge >= 0.3 is 5.97 Å². The molecule has 70 heavy (non-hydrogen) atoms. The van der Waals surface area contributed by atoms with E-state index in [4.69, 9.17) is 30.5 Å². The van der Waals surface area contributed by atoms with Gasteiger partial charge in [-0.25, -0.2) is 37.5 Å². The molecule has 7 aromatic rings. The molecule has 20 heteroatoms. The summed E-state index contributed by atoms with van der Waals surface area (Å²) < 4.78 is 72.8. The highest BCUT2D eigenvalue weighted by Gasteiger charge is 2.30. The highest BCUT2D eigenvalue weighted by Crippen LogP contribution is 2.50. The fourth-order valence-electron chi connectivity index (χ4n) is 8.41. The first-order valence-electron chi connectivity index (χ1n) is 22.3. The second kappa shape index (κ2) is 21.7. The van der Waals surface area contributed by atoms with Gasteiger partial charge in [-0.2, -0.15) is 0 Å². The molecule has 1 fully saturated rings. The van der Waals surface area contributed by atoms with Gasteiger partial charge < -0.3 is 38.2 Å². The molecule has 1 aliphatic heterocycles. The number of methoxy groups -OCH3 is 1. The number of carboxylic acids is 1. The van der Waals surface area contributed by atoms with Crippen LogP contribution in [-0.2, 0) is 27.9 Å². The number of aromatic nitrogens is 4. The number of aliphatic carboxylic acids is 1. The van der Waals surface area contributed by atoms with Gasteiger partial charge in [0.2, 0.25) is 12.0 Å². The van der Waals surface area contributed by atoms with Crippen molar-refractivity contribution >= 4 is 49.2 Å². The number of carbonyl (C=O) groups is 1. The zero-order chi connectivity index (χ0) is 49.6. The second-order valence-electron chi connectivity index (χ2n) is 17.1. The number of hydrogen-bond donors (Lipinski definition) is 2. The van der Waals surface area contributed by atoms with Gasteiger partial charge in [0.25, 0.3) is 0 Å². The van der Waals surface area contributed by atoms with Gasteiger partial charge in [-0.3, -0.25) is 4.90 Å². The van der Waals surface area contributed by atoms with Crippen molar-refractivity contribution in [2.24, 2.45) is 0 Å². The zero-order valence-electron chi connectivity index (χ0n) is 38.5. The van der Waals surface area contributed by atoms with Gasteiger partial charge in [-0.1, -0.05) is 54.1 Å².